The molecule has 1 N–H and O–H groups in total. The molecule has 28 heavy (non-hydrogen) atoms. The van der Waals surface area contributed by atoms with Crippen LogP contribution in [0.2, 0.25) is 0 Å². The van der Waals surface area contributed by atoms with E-state index in [9.17, 15) is 4.79 Å². The second-order valence-electron chi connectivity index (χ2n) is 6.82. The van der Waals surface area contributed by atoms with Gasteiger partial charge >= 0.3 is 0 Å². The molecule has 0 bridgehead atoms. The predicted octanol–water partition coefficient (Wildman–Crippen LogP) is 4.24. The van der Waals surface area contributed by atoms with Gasteiger partial charge in [-0.15, -0.1) is 0 Å². The lowest BCUT2D eigenvalue weighted by molar-refractivity contribution is -0.118. The zero-order valence-electron chi connectivity index (χ0n) is 16.2. The quantitative estimate of drug-likeness (QED) is 0.567. The van der Waals surface area contributed by atoms with Gasteiger partial charge in [0.1, 0.15) is 5.75 Å². The van der Waals surface area contributed by atoms with Crippen molar-refractivity contribution in [2.24, 2.45) is 0 Å². The van der Waals surface area contributed by atoms with Crippen LogP contribution in [0.4, 0.5) is 5.82 Å². The van der Waals surface area contributed by atoms with E-state index in [2.05, 4.69) is 10.4 Å². The molecule has 6 nitrogen and oxygen atoms in total. The summed E-state index contributed by atoms with van der Waals surface area (Å²) in [5.41, 5.74) is 3.97. The van der Waals surface area contributed by atoms with Crippen LogP contribution in [0.25, 0.3) is 21.9 Å². The minimum atomic E-state index is -0.257. The van der Waals surface area contributed by atoms with Gasteiger partial charge in [-0.25, -0.2) is 9.67 Å². The Bertz CT molecular complexity index is 1160. The van der Waals surface area contributed by atoms with Gasteiger partial charge in [-0.2, -0.15) is 5.10 Å². The van der Waals surface area contributed by atoms with Crippen LogP contribution >= 0.6 is 0 Å². The normalized spacial score (nSPS) is 11.1. The van der Waals surface area contributed by atoms with Crippen LogP contribution in [-0.4, -0.2) is 27.3 Å². The zero-order chi connectivity index (χ0) is 19.7. The van der Waals surface area contributed by atoms with Gasteiger partial charge in [0.25, 0.3) is 5.91 Å². The summed E-state index contributed by atoms with van der Waals surface area (Å²) in [6, 6.07) is 15.7. The number of carbonyl (C=O) groups is 1. The molecule has 0 saturated heterocycles. The molecule has 4 aromatic rings. The first-order chi connectivity index (χ1) is 13.5. The summed E-state index contributed by atoms with van der Waals surface area (Å²) in [6.07, 6.45) is 0. The maximum absolute atomic E-state index is 12.4. The topological polar surface area (TPSA) is 69.0 Å². The number of amides is 1. The average molecular weight is 374 g/mol. The van der Waals surface area contributed by atoms with Crippen molar-refractivity contribution in [1.29, 1.82) is 0 Å². The number of nitrogens with zero attached hydrogens (tertiary/aromatic N) is 3. The van der Waals surface area contributed by atoms with Gasteiger partial charge in [-0.05, 0) is 44.5 Å². The fraction of sp³-hybridized carbons (Fsp3) is 0.227. The molecule has 0 fully saturated rings. The Morgan fingerprint density at radius 1 is 1.14 bits per heavy atom. The molecule has 0 radical (unpaired) electrons. The summed E-state index contributed by atoms with van der Waals surface area (Å²) >= 11 is 0. The van der Waals surface area contributed by atoms with Crippen molar-refractivity contribution in [3.8, 4) is 5.75 Å². The Kier molecular flexibility index (Phi) is 4.69. The fourth-order valence-electron chi connectivity index (χ4n) is 3.19. The Morgan fingerprint density at radius 2 is 1.93 bits per heavy atom. The minimum absolute atomic E-state index is 0.0797. The molecule has 0 saturated carbocycles. The number of para-hydroxylation sites is 1. The zero-order valence-corrected chi connectivity index (χ0v) is 16.2. The number of aryl methyl sites for hydroxylation is 3. The summed E-state index contributed by atoms with van der Waals surface area (Å²) < 4.78 is 7.37. The number of fused-ring (bicyclic) bond motifs is 2. The number of benzene rings is 2. The van der Waals surface area contributed by atoms with Gasteiger partial charge in [-0.1, -0.05) is 35.9 Å². The van der Waals surface area contributed by atoms with Crippen LogP contribution in [0.15, 0.2) is 48.5 Å². The lowest BCUT2D eigenvalue weighted by Gasteiger charge is -2.06. The highest BCUT2D eigenvalue weighted by Gasteiger charge is 2.15. The number of nitrogens with one attached hydrogen (secondary N) is 1. The van der Waals surface area contributed by atoms with Crippen molar-refractivity contribution in [2.75, 3.05) is 11.9 Å². The molecular weight excluding hydrogens is 352 g/mol. The number of hydrogen-bond donors (Lipinski definition) is 1. The highest BCUT2D eigenvalue weighted by Crippen LogP contribution is 2.27. The van der Waals surface area contributed by atoms with Gasteiger partial charge in [0, 0.05) is 11.9 Å². The van der Waals surface area contributed by atoms with Gasteiger partial charge in [0.05, 0.1) is 10.9 Å². The van der Waals surface area contributed by atoms with Crippen LogP contribution in [0, 0.1) is 13.8 Å². The van der Waals surface area contributed by atoms with Crippen molar-refractivity contribution in [2.45, 2.75) is 27.3 Å². The Hall–Kier alpha value is -3.41. The van der Waals surface area contributed by atoms with Crippen LogP contribution in [-0.2, 0) is 11.3 Å². The largest absolute Gasteiger partial charge is 0.484 e. The van der Waals surface area contributed by atoms with E-state index in [1.807, 2.05) is 69.3 Å². The third kappa shape index (κ3) is 3.41. The van der Waals surface area contributed by atoms with E-state index in [1.54, 1.807) is 4.68 Å². The summed E-state index contributed by atoms with van der Waals surface area (Å²) in [5.74, 6) is 0.908. The van der Waals surface area contributed by atoms with Crippen LogP contribution in [0.1, 0.15) is 18.1 Å². The number of rotatable bonds is 5. The molecule has 2 heterocycles. The molecule has 0 aliphatic heterocycles. The molecule has 0 atom stereocenters. The lowest BCUT2D eigenvalue weighted by Crippen LogP contribution is -2.20. The first kappa shape index (κ1) is 18.0. The van der Waals surface area contributed by atoms with Crippen molar-refractivity contribution >= 4 is 33.7 Å². The maximum Gasteiger partial charge on any atom is 0.263 e. The molecular formula is C22H22N4O2. The Labute approximate surface area is 163 Å². The van der Waals surface area contributed by atoms with E-state index in [-0.39, 0.29) is 12.5 Å². The monoisotopic (exact) mass is 374 g/mol. The highest BCUT2D eigenvalue weighted by molar-refractivity contribution is 6.03. The van der Waals surface area contributed by atoms with Crippen LogP contribution in [0.5, 0.6) is 5.75 Å². The molecule has 0 spiro atoms. The van der Waals surface area contributed by atoms with E-state index in [4.69, 9.17) is 9.72 Å². The number of anilines is 1. The first-order valence-electron chi connectivity index (χ1n) is 9.31. The molecule has 2 aromatic carbocycles. The van der Waals surface area contributed by atoms with Crippen molar-refractivity contribution in [3.63, 3.8) is 0 Å². The third-order valence-corrected chi connectivity index (χ3v) is 4.70. The van der Waals surface area contributed by atoms with Crippen LogP contribution in [0.3, 0.4) is 0 Å². The standard InChI is InChI=1S/C22H22N4O2/c1-4-26-22-18(12-16-7-5-6-15(3)20(16)24-22)21(25-26)23-19(27)13-28-17-10-8-14(2)9-11-17/h5-12H,4,13H2,1-3H3,(H,23,25,27). The van der Waals surface area contributed by atoms with Crippen molar-refractivity contribution in [3.05, 3.63) is 59.7 Å². The lowest BCUT2D eigenvalue weighted by atomic mass is 10.1. The third-order valence-electron chi connectivity index (χ3n) is 4.70. The summed E-state index contributed by atoms with van der Waals surface area (Å²) in [5, 5.41) is 9.24. The number of ether oxygens (including phenoxy) is 1. The number of aromatic nitrogens is 3. The minimum Gasteiger partial charge on any atom is -0.484 e. The molecule has 6 heteroatoms. The summed E-state index contributed by atoms with van der Waals surface area (Å²) in [4.78, 5) is 17.2. The van der Waals surface area contributed by atoms with Gasteiger partial charge in [-0.3, -0.25) is 4.79 Å². The van der Waals surface area contributed by atoms with E-state index < -0.39 is 0 Å². The van der Waals surface area contributed by atoms with E-state index in [1.165, 1.54) is 0 Å². The van der Waals surface area contributed by atoms with Crippen molar-refractivity contribution < 1.29 is 9.53 Å². The molecule has 2 aromatic heterocycles. The van der Waals surface area contributed by atoms with Gasteiger partial charge in [0.15, 0.2) is 18.1 Å². The maximum atomic E-state index is 12.4. The Morgan fingerprint density at radius 3 is 2.68 bits per heavy atom. The summed E-state index contributed by atoms with van der Waals surface area (Å²) in [6.45, 7) is 6.63. The molecule has 0 unspecified atom stereocenters. The van der Waals surface area contributed by atoms with E-state index in [0.717, 1.165) is 33.1 Å². The summed E-state index contributed by atoms with van der Waals surface area (Å²) in [7, 11) is 0. The number of carbonyl (C=O) groups excluding carboxylic acids is 1. The first-order valence-corrected chi connectivity index (χ1v) is 9.31. The molecule has 4 rings (SSSR count). The van der Waals surface area contributed by atoms with Crippen LogP contribution < -0.4 is 10.1 Å². The van der Waals surface area contributed by atoms with Gasteiger partial charge in [0.2, 0.25) is 0 Å². The van der Waals surface area contributed by atoms with Gasteiger partial charge < -0.3 is 10.1 Å². The second kappa shape index (κ2) is 7.31. The Balaban J connectivity index is 1.60. The fourth-order valence-corrected chi connectivity index (χ4v) is 3.19. The number of hydrogen-bond acceptors (Lipinski definition) is 4. The predicted molar refractivity (Wildman–Crippen MR) is 111 cm³/mol. The van der Waals surface area contributed by atoms with E-state index in [0.29, 0.717) is 18.1 Å². The number of pyridine rings is 1. The molecule has 142 valence electrons. The highest BCUT2D eigenvalue weighted by atomic mass is 16.5. The average Bonchev–Trinajstić information content (AvgIpc) is 3.03. The SMILES string of the molecule is CCn1nc(NC(=O)COc2ccc(C)cc2)c2cc3cccc(C)c3nc21. The van der Waals surface area contributed by atoms with Crippen molar-refractivity contribution in [1.82, 2.24) is 14.8 Å². The molecule has 1 amide bonds. The second-order valence-corrected chi connectivity index (χ2v) is 6.82. The molecule has 0 aliphatic rings. The van der Waals surface area contributed by atoms with E-state index >= 15 is 0 Å². The molecule has 0 aliphatic carbocycles. The smallest absolute Gasteiger partial charge is 0.263 e.